The van der Waals surface area contributed by atoms with Crippen molar-refractivity contribution in [2.75, 3.05) is 106 Å². The van der Waals surface area contributed by atoms with Crippen molar-refractivity contribution in [1.82, 2.24) is 40.4 Å². The summed E-state index contributed by atoms with van der Waals surface area (Å²) in [5.74, 6) is 1.07. The minimum Gasteiger partial charge on any atom is -0.530 e. The normalized spacial score (nSPS) is 13.6. The Labute approximate surface area is 533 Å². The van der Waals surface area contributed by atoms with Crippen molar-refractivity contribution >= 4 is 113 Å². The number of benzene rings is 9. The van der Waals surface area contributed by atoms with Gasteiger partial charge in [0.05, 0.1) is 0 Å². The van der Waals surface area contributed by atoms with Crippen molar-refractivity contribution in [3.63, 3.8) is 0 Å². The van der Waals surface area contributed by atoms with E-state index in [2.05, 4.69) is 142 Å². The molecule has 18 nitrogen and oxygen atoms in total. The Balaban J connectivity index is 0.000000167. The number of nitrogens with one attached hydrogen (secondary N) is 3. The molecule has 3 aliphatic heterocycles. The first-order valence-corrected chi connectivity index (χ1v) is 29.9. The van der Waals surface area contributed by atoms with Crippen LogP contribution >= 0.6 is 11.8 Å². The van der Waals surface area contributed by atoms with E-state index in [0.29, 0.717) is 72.1 Å². The molecule has 0 aromatic heterocycles. The van der Waals surface area contributed by atoms with Gasteiger partial charge in [0.25, 0.3) is 0 Å². The Bertz CT molecular complexity index is 3700. The van der Waals surface area contributed by atoms with E-state index in [1.165, 1.54) is 55.9 Å². The third-order valence-electron chi connectivity index (χ3n) is 15.2. The van der Waals surface area contributed by atoms with Crippen molar-refractivity contribution in [3.8, 4) is 0 Å². The van der Waals surface area contributed by atoms with Crippen LogP contribution in [0.3, 0.4) is 0 Å². The number of fused-ring (bicyclic) bond motifs is 6. The Kier molecular flexibility index (Phi) is 25.4. The second-order valence-electron chi connectivity index (χ2n) is 20.3. The molecule has 0 unspecified atom stereocenters. The van der Waals surface area contributed by atoms with Gasteiger partial charge in [0.15, 0.2) is 0 Å². The number of hydrogen-bond donors (Lipinski definition) is 3. The second kappa shape index (κ2) is 33.5. The van der Waals surface area contributed by atoms with Crippen molar-refractivity contribution < 1.29 is 72.9 Å². The van der Waals surface area contributed by atoms with E-state index in [1.54, 1.807) is 33.7 Å². The number of ether oxygens (including phenoxy) is 2. The van der Waals surface area contributed by atoms with Gasteiger partial charge in [-0.3, -0.25) is 0 Å². The fourth-order valence-corrected chi connectivity index (χ4v) is 11.3. The molecular formula is C67H72N9NaO9S. The number of carboxylic acid groups (broad SMARTS) is 1. The molecule has 9 aromatic rings. The van der Waals surface area contributed by atoms with Crippen LogP contribution in [0.5, 0.6) is 0 Å². The first-order valence-electron chi connectivity index (χ1n) is 28.5. The monoisotopic (exact) mass is 1200 g/mol. The Morgan fingerprint density at radius 2 is 0.759 bits per heavy atom. The summed E-state index contributed by atoms with van der Waals surface area (Å²) in [5.41, 5.74) is 3.56. The molecule has 3 aliphatic rings. The standard InChI is InChI=1S/C22H23N3O3.C20H20N2O2.C16H14S.C7H13N3O3.C2H3NO.Na/c1-23-21(26)24-10-12-25(13-11-24)22(27)28-15-20-18-8-4-2-6-16(18)14-17-7-3-5-9-19(17)20;23-20(22-11-9-21-10-12-22)24-14-19-17-7-3-1-5-15(17)13-16-6-2-4-8-18(16)19;1-17-11-16-14-8-4-2-6-12(14)10-13-7-3-5-9-15(13)16;1-8-6(11)9-2-4-10(5-3-9)7(12)13;1-3-2-4;/h2-9,14H,10-13,15H2,1H3,(H,23,26);1-8,13,21H,9-12,14H2;2-10H,11H2,1H3;2-5H2,1H3,(H,8,11)(H,12,13);1H3;/q;;;;;+1/p-1. The van der Waals surface area contributed by atoms with E-state index < -0.39 is 6.09 Å². The van der Waals surface area contributed by atoms with Crippen molar-refractivity contribution in [2.24, 2.45) is 4.99 Å². The number of urea groups is 2. The summed E-state index contributed by atoms with van der Waals surface area (Å²) in [6, 6.07) is 56.5. The van der Waals surface area contributed by atoms with Crippen LogP contribution in [0.15, 0.2) is 169 Å². The number of hydrogen-bond acceptors (Lipinski definition) is 12. The average Bonchev–Trinajstić information content (AvgIpc) is 3.76. The first-order chi connectivity index (χ1) is 42.0. The number of carbonyl (C=O) groups is 5. The maximum Gasteiger partial charge on any atom is 1.00 e. The van der Waals surface area contributed by atoms with Gasteiger partial charge in [0.1, 0.15) is 19.3 Å². The van der Waals surface area contributed by atoms with E-state index in [0.717, 1.165) is 62.3 Å². The smallest absolute Gasteiger partial charge is 0.530 e. The molecule has 87 heavy (non-hydrogen) atoms. The molecule has 0 bridgehead atoms. The molecule has 12 rings (SSSR count). The number of aliphatic imine (C=N–C) groups is 1. The fraction of sp³-hybridized carbons (Fsp3) is 0.284. The zero-order valence-electron chi connectivity index (χ0n) is 50.0. The summed E-state index contributed by atoms with van der Waals surface area (Å²) in [7, 11) is 4.54. The quantitative estimate of drug-likeness (QED) is 0.0656. The Morgan fingerprint density at radius 3 is 1.05 bits per heavy atom. The van der Waals surface area contributed by atoms with Crippen LogP contribution < -0.4 is 50.6 Å². The molecule has 3 N–H and O–H groups in total. The SMILES string of the molecule is CN=C=O.CNC(=O)N1CCN(C(=O)OCc2c3ccccc3cc3ccccc23)CC1.CNC(=O)N1CCN(C(=O)[O-])CC1.CSCc1c2ccccc2cc2ccccc12.O=C(OCc1c2ccccc2cc2ccccc12)N1CCNCC1.[Na+]. The van der Waals surface area contributed by atoms with Crippen LogP contribution in [0, 0.1) is 0 Å². The van der Waals surface area contributed by atoms with Crippen LogP contribution in [0.25, 0.3) is 64.6 Å². The topological polar surface area (TPSA) is 209 Å². The summed E-state index contributed by atoms with van der Waals surface area (Å²) in [5, 5.41) is 33.3. The van der Waals surface area contributed by atoms with Crippen LogP contribution in [0.2, 0.25) is 0 Å². The van der Waals surface area contributed by atoms with Crippen LogP contribution in [-0.2, 0) is 33.2 Å². The minimum absolute atomic E-state index is 0. The maximum absolute atomic E-state index is 12.6. The minimum atomic E-state index is -1.17. The molecule has 0 spiro atoms. The van der Waals surface area contributed by atoms with Gasteiger partial charge in [-0.05, 0) is 94.7 Å². The number of piperazine rings is 3. The Hall–Kier alpha value is -8.42. The predicted molar refractivity (Wildman–Crippen MR) is 341 cm³/mol. The van der Waals surface area contributed by atoms with E-state index in [1.807, 2.05) is 60.3 Å². The molecule has 7 amide bonds. The van der Waals surface area contributed by atoms with E-state index in [9.17, 15) is 29.1 Å². The molecule has 20 heteroatoms. The number of amides is 7. The number of carbonyl (C=O) groups excluding carboxylic acids is 6. The molecule has 3 saturated heterocycles. The van der Waals surface area contributed by atoms with Crippen LogP contribution in [-0.4, -0.2) is 167 Å². The average molecular weight is 1200 g/mol. The van der Waals surface area contributed by atoms with Gasteiger partial charge in [0.2, 0.25) is 6.08 Å². The zero-order valence-corrected chi connectivity index (χ0v) is 52.8. The van der Waals surface area contributed by atoms with Gasteiger partial charge >= 0.3 is 53.8 Å². The van der Waals surface area contributed by atoms with Gasteiger partial charge in [-0.25, -0.2) is 29.0 Å². The third kappa shape index (κ3) is 17.4. The molecule has 9 aromatic carbocycles. The van der Waals surface area contributed by atoms with Gasteiger partial charge in [0, 0.05) is 117 Å². The fourth-order valence-electron chi connectivity index (χ4n) is 10.7. The summed E-state index contributed by atoms with van der Waals surface area (Å²) in [6.45, 7) is 7.04. The van der Waals surface area contributed by atoms with Crippen molar-refractivity contribution in [2.45, 2.75) is 19.0 Å². The second-order valence-corrected chi connectivity index (χ2v) is 21.2. The van der Waals surface area contributed by atoms with Gasteiger partial charge in [-0.1, -0.05) is 146 Å². The summed E-state index contributed by atoms with van der Waals surface area (Å²) in [6.07, 6.45) is 1.73. The number of thioether (sulfide) groups is 1. The van der Waals surface area contributed by atoms with E-state index in [4.69, 9.17) is 14.3 Å². The van der Waals surface area contributed by atoms with Crippen molar-refractivity contribution in [3.05, 3.63) is 180 Å². The molecule has 0 aliphatic carbocycles. The van der Waals surface area contributed by atoms with Gasteiger partial charge in [-0.2, -0.15) is 11.8 Å². The summed E-state index contributed by atoms with van der Waals surface area (Å²) < 4.78 is 11.3. The van der Waals surface area contributed by atoms with E-state index in [-0.39, 0.29) is 60.4 Å². The molecular weight excluding hydrogens is 1130 g/mol. The zero-order chi connectivity index (χ0) is 60.8. The molecule has 3 heterocycles. The number of rotatable bonds is 6. The summed E-state index contributed by atoms with van der Waals surface area (Å²) >= 11 is 1.88. The molecule has 0 atom stereocenters. The predicted octanol–water partition coefficient (Wildman–Crippen LogP) is 7.22. The maximum atomic E-state index is 12.6. The van der Waals surface area contributed by atoms with Gasteiger partial charge < -0.3 is 59.8 Å². The van der Waals surface area contributed by atoms with E-state index >= 15 is 0 Å². The largest absolute Gasteiger partial charge is 1.00 e. The van der Waals surface area contributed by atoms with Gasteiger partial charge in [-0.15, -0.1) is 0 Å². The number of nitrogens with zero attached hydrogens (tertiary/aromatic N) is 6. The molecule has 3 fully saturated rings. The first kappa shape index (κ1) is 66.1. The van der Waals surface area contributed by atoms with Crippen LogP contribution in [0.4, 0.5) is 24.0 Å². The van der Waals surface area contributed by atoms with Crippen molar-refractivity contribution in [1.29, 1.82) is 0 Å². The molecule has 0 saturated carbocycles. The third-order valence-corrected chi connectivity index (χ3v) is 15.7. The Morgan fingerprint density at radius 1 is 0.483 bits per heavy atom. The number of isocyanates is 1. The molecule has 446 valence electrons. The summed E-state index contributed by atoms with van der Waals surface area (Å²) in [4.78, 5) is 77.7. The van der Waals surface area contributed by atoms with Crippen LogP contribution in [0.1, 0.15) is 16.7 Å². The molecule has 0 radical (unpaired) electrons.